The van der Waals surface area contributed by atoms with Crippen molar-refractivity contribution in [2.75, 3.05) is 12.4 Å². The fourth-order valence-electron chi connectivity index (χ4n) is 2.59. The van der Waals surface area contributed by atoms with Crippen LogP contribution in [0.1, 0.15) is 20.8 Å². The summed E-state index contributed by atoms with van der Waals surface area (Å²) in [6, 6.07) is 7.08. The molecule has 0 bridgehead atoms. The van der Waals surface area contributed by atoms with Gasteiger partial charge >= 0.3 is 0 Å². The molecule has 0 fully saturated rings. The lowest BCUT2D eigenvalue weighted by Gasteiger charge is -2.06. The van der Waals surface area contributed by atoms with Crippen molar-refractivity contribution in [3.63, 3.8) is 0 Å². The number of hydrogen-bond acceptors (Lipinski definition) is 5. The minimum atomic E-state index is -0.286. The van der Waals surface area contributed by atoms with E-state index in [1.54, 1.807) is 45.3 Å². The second kappa shape index (κ2) is 7.09. The molecule has 1 aromatic carbocycles. The van der Waals surface area contributed by atoms with Crippen LogP contribution in [-0.2, 0) is 18.3 Å². The zero-order chi connectivity index (χ0) is 18.8. The van der Waals surface area contributed by atoms with E-state index in [4.69, 9.17) is 0 Å². The van der Waals surface area contributed by atoms with Crippen molar-refractivity contribution >= 4 is 39.1 Å². The first-order valence-electron chi connectivity index (χ1n) is 7.96. The van der Waals surface area contributed by atoms with Gasteiger partial charge in [-0.2, -0.15) is 0 Å². The Morgan fingerprint density at radius 3 is 2.58 bits per heavy atom. The number of likely N-dealkylation sites (N-methyl/N-ethyl adjacent to an activating group) is 1. The van der Waals surface area contributed by atoms with Gasteiger partial charge in [0, 0.05) is 19.8 Å². The predicted octanol–water partition coefficient (Wildman–Crippen LogP) is 1.84. The molecule has 3 rings (SSSR count). The largest absolute Gasteiger partial charge is 0.359 e. The van der Waals surface area contributed by atoms with Gasteiger partial charge in [-0.15, -0.1) is 11.3 Å². The first-order chi connectivity index (χ1) is 12.4. The van der Waals surface area contributed by atoms with Crippen molar-refractivity contribution < 1.29 is 9.59 Å². The van der Waals surface area contributed by atoms with E-state index < -0.39 is 0 Å². The lowest BCUT2D eigenvalue weighted by atomic mass is 10.1. The quantitative estimate of drug-likeness (QED) is 0.733. The van der Waals surface area contributed by atoms with E-state index >= 15 is 0 Å². The van der Waals surface area contributed by atoms with Crippen molar-refractivity contribution in [3.8, 4) is 0 Å². The summed E-state index contributed by atoms with van der Waals surface area (Å²) in [4.78, 5) is 41.5. The lowest BCUT2D eigenvalue weighted by molar-refractivity contribution is -0.119. The fourth-order valence-corrected chi connectivity index (χ4v) is 3.63. The Kier molecular flexibility index (Phi) is 4.85. The monoisotopic (exact) mass is 370 g/mol. The molecule has 0 radical (unpaired) electrons. The number of carbonyl (C=O) groups is 2. The number of fused-ring (bicyclic) bond motifs is 1. The Morgan fingerprint density at radius 1 is 1.23 bits per heavy atom. The number of carbonyl (C=O) groups excluding carboxylic acids is 2. The Morgan fingerprint density at radius 2 is 1.92 bits per heavy atom. The van der Waals surface area contributed by atoms with E-state index in [0.717, 1.165) is 5.56 Å². The standard InChI is InChI=1S/C18H18N4O3S/c1-10-14-17(20-9-22(3)18(14)25)26-15(10)16(24)21-12-6-4-11(5-7-12)8-13(23)19-2/h4-7,9H,8H2,1-3H3,(H,19,23)(H,21,24). The molecule has 2 aromatic heterocycles. The summed E-state index contributed by atoms with van der Waals surface area (Å²) in [5.41, 5.74) is 1.94. The predicted molar refractivity (Wildman–Crippen MR) is 102 cm³/mol. The molecule has 7 nitrogen and oxygen atoms in total. The number of amides is 2. The van der Waals surface area contributed by atoms with E-state index in [2.05, 4.69) is 15.6 Å². The van der Waals surface area contributed by atoms with Crippen LogP contribution < -0.4 is 16.2 Å². The van der Waals surface area contributed by atoms with Crippen LogP contribution in [0.3, 0.4) is 0 Å². The highest BCUT2D eigenvalue weighted by Crippen LogP contribution is 2.27. The molecule has 2 N–H and O–H groups in total. The molecule has 0 saturated carbocycles. The van der Waals surface area contributed by atoms with Crippen LogP contribution in [0.5, 0.6) is 0 Å². The van der Waals surface area contributed by atoms with Gasteiger partial charge in [0.15, 0.2) is 0 Å². The lowest BCUT2D eigenvalue weighted by Crippen LogP contribution is -2.19. The second-order valence-electron chi connectivity index (χ2n) is 5.90. The van der Waals surface area contributed by atoms with Crippen molar-refractivity contribution in [1.82, 2.24) is 14.9 Å². The molecule has 0 aliphatic carbocycles. The second-order valence-corrected chi connectivity index (χ2v) is 6.90. The van der Waals surface area contributed by atoms with Crippen LogP contribution >= 0.6 is 11.3 Å². The number of benzene rings is 1. The highest BCUT2D eigenvalue weighted by molar-refractivity contribution is 7.20. The van der Waals surface area contributed by atoms with Crippen molar-refractivity contribution in [1.29, 1.82) is 0 Å². The molecule has 26 heavy (non-hydrogen) atoms. The number of thiophene rings is 1. The summed E-state index contributed by atoms with van der Waals surface area (Å²) < 4.78 is 1.40. The molecule has 0 aliphatic heterocycles. The highest BCUT2D eigenvalue weighted by Gasteiger charge is 2.19. The molecule has 134 valence electrons. The number of aromatic nitrogens is 2. The molecule has 0 atom stereocenters. The van der Waals surface area contributed by atoms with Crippen LogP contribution in [0, 0.1) is 6.92 Å². The fraction of sp³-hybridized carbons (Fsp3) is 0.222. The molecule has 0 saturated heterocycles. The van der Waals surface area contributed by atoms with Crippen LogP contribution in [0.4, 0.5) is 5.69 Å². The van der Waals surface area contributed by atoms with E-state index in [9.17, 15) is 14.4 Å². The van der Waals surface area contributed by atoms with Gasteiger partial charge < -0.3 is 15.2 Å². The summed E-state index contributed by atoms with van der Waals surface area (Å²) in [6.45, 7) is 1.75. The first-order valence-corrected chi connectivity index (χ1v) is 8.78. The molecule has 8 heteroatoms. The maximum atomic E-state index is 12.6. The molecular weight excluding hydrogens is 352 g/mol. The molecular formula is C18H18N4O3S. The summed E-state index contributed by atoms with van der Waals surface area (Å²) in [7, 11) is 3.22. The molecule has 0 spiro atoms. The van der Waals surface area contributed by atoms with Gasteiger partial charge in [0.2, 0.25) is 5.91 Å². The van der Waals surface area contributed by atoms with Gasteiger partial charge in [0.05, 0.1) is 23.0 Å². The summed E-state index contributed by atoms with van der Waals surface area (Å²) in [5, 5.41) is 5.87. The number of nitrogens with zero attached hydrogens (tertiary/aromatic N) is 2. The summed E-state index contributed by atoms with van der Waals surface area (Å²) in [5.74, 6) is -0.358. The Labute approximate surface area is 153 Å². The summed E-state index contributed by atoms with van der Waals surface area (Å²) in [6.07, 6.45) is 1.74. The highest BCUT2D eigenvalue weighted by atomic mass is 32.1. The smallest absolute Gasteiger partial charge is 0.266 e. The van der Waals surface area contributed by atoms with E-state index in [1.807, 2.05) is 0 Å². The van der Waals surface area contributed by atoms with Gasteiger partial charge in [-0.05, 0) is 30.2 Å². The minimum Gasteiger partial charge on any atom is -0.359 e. The Hall–Kier alpha value is -3.00. The maximum Gasteiger partial charge on any atom is 0.266 e. The van der Waals surface area contributed by atoms with E-state index in [0.29, 0.717) is 26.3 Å². The molecule has 0 aliphatic rings. The number of anilines is 1. The third-order valence-corrected chi connectivity index (χ3v) is 5.27. The average Bonchev–Trinajstić information content (AvgIpc) is 2.97. The zero-order valence-corrected chi connectivity index (χ0v) is 15.4. The summed E-state index contributed by atoms with van der Waals surface area (Å²) >= 11 is 1.20. The molecule has 2 heterocycles. The van der Waals surface area contributed by atoms with Crippen LogP contribution in [0.25, 0.3) is 10.2 Å². The van der Waals surface area contributed by atoms with Crippen molar-refractivity contribution in [2.24, 2.45) is 7.05 Å². The number of nitrogens with one attached hydrogen (secondary N) is 2. The van der Waals surface area contributed by atoms with E-state index in [-0.39, 0.29) is 23.8 Å². The Balaban J connectivity index is 1.83. The van der Waals surface area contributed by atoms with Gasteiger partial charge in [-0.1, -0.05) is 12.1 Å². The average molecular weight is 370 g/mol. The number of hydrogen-bond donors (Lipinski definition) is 2. The third-order valence-electron chi connectivity index (χ3n) is 4.07. The van der Waals surface area contributed by atoms with Crippen molar-refractivity contribution in [3.05, 3.63) is 57.0 Å². The third kappa shape index (κ3) is 3.36. The van der Waals surface area contributed by atoms with E-state index in [1.165, 1.54) is 22.2 Å². The van der Waals surface area contributed by atoms with Crippen molar-refractivity contribution in [2.45, 2.75) is 13.3 Å². The first kappa shape index (κ1) is 17.8. The minimum absolute atomic E-state index is 0.0724. The molecule has 2 amide bonds. The number of aryl methyl sites for hydroxylation is 2. The topological polar surface area (TPSA) is 93.1 Å². The molecule has 0 unspecified atom stereocenters. The van der Waals surface area contributed by atoms with Gasteiger partial charge in [-0.3, -0.25) is 14.4 Å². The van der Waals surface area contributed by atoms with Gasteiger partial charge in [0.1, 0.15) is 4.83 Å². The zero-order valence-electron chi connectivity index (χ0n) is 14.6. The van der Waals surface area contributed by atoms with Crippen LogP contribution in [0.15, 0.2) is 35.4 Å². The van der Waals surface area contributed by atoms with Gasteiger partial charge in [-0.25, -0.2) is 4.98 Å². The molecule has 3 aromatic rings. The van der Waals surface area contributed by atoms with Crippen LogP contribution in [0.2, 0.25) is 0 Å². The van der Waals surface area contributed by atoms with Crippen LogP contribution in [-0.4, -0.2) is 28.4 Å². The normalized spacial score (nSPS) is 10.7. The SMILES string of the molecule is CNC(=O)Cc1ccc(NC(=O)c2sc3ncn(C)c(=O)c3c2C)cc1. The maximum absolute atomic E-state index is 12.6. The Bertz CT molecular complexity index is 1050. The number of rotatable bonds is 4. The van der Waals surface area contributed by atoms with Gasteiger partial charge in [0.25, 0.3) is 11.5 Å².